The van der Waals surface area contributed by atoms with E-state index in [1.165, 1.54) is 0 Å². The molecule has 4 amide bonds. The minimum atomic E-state index is -0.942. The summed E-state index contributed by atoms with van der Waals surface area (Å²) in [5.74, 6) is -2.04. The van der Waals surface area contributed by atoms with Gasteiger partial charge in [0.2, 0.25) is 23.6 Å². The molecule has 1 aromatic rings. The van der Waals surface area contributed by atoms with Crippen LogP contribution in [0.15, 0.2) is 30.3 Å². The van der Waals surface area contributed by atoms with Gasteiger partial charge < -0.3 is 41.2 Å². The molecule has 0 aromatic heterocycles. The van der Waals surface area contributed by atoms with Crippen molar-refractivity contribution in [1.29, 1.82) is 0 Å². The molecule has 6 N–H and O–H groups in total. The largest absolute Gasteiger partial charge is 0.379 e. The van der Waals surface area contributed by atoms with Crippen LogP contribution >= 0.6 is 0 Å². The van der Waals surface area contributed by atoms with Crippen LogP contribution in [0.4, 0.5) is 0 Å². The number of nitrogens with one attached hydrogen (secondary N) is 4. The zero-order valence-electron chi connectivity index (χ0n) is 20.2. The summed E-state index contributed by atoms with van der Waals surface area (Å²) in [5, 5.41) is 9.94. The van der Waals surface area contributed by atoms with Gasteiger partial charge in [0.1, 0.15) is 12.8 Å². The van der Waals surface area contributed by atoms with Crippen molar-refractivity contribution >= 4 is 23.6 Å². The molecule has 1 aromatic carbocycles. The Morgan fingerprint density at radius 1 is 0.800 bits per heavy atom. The lowest BCUT2D eigenvalue weighted by Gasteiger charge is -2.19. The van der Waals surface area contributed by atoms with Gasteiger partial charge in [-0.05, 0) is 12.0 Å². The van der Waals surface area contributed by atoms with Crippen molar-refractivity contribution in [2.75, 3.05) is 59.4 Å². The average molecular weight is 496 g/mol. The number of hydrogen-bond acceptors (Lipinski definition) is 8. The topological polar surface area (TPSA) is 170 Å². The maximum atomic E-state index is 12.7. The van der Waals surface area contributed by atoms with Gasteiger partial charge >= 0.3 is 0 Å². The zero-order chi connectivity index (χ0) is 25.7. The Labute approximate surface area is 205 Å². The maximum absolute atomic E-state index is 12.7. The quantitative estimate of drug-likeness (QED) is 0.113. The number of ether oxygens (including phenoxy) is 3. The molecule has 0 spiro atoms. The SMILES string of the molecule is CCCOCCOCCOCNC(=O)CNC(=O)C(Cc1ccccc1)NC(=O)CNC(=O)CN. The second-order valence-corrected chi connectivity index (χ2v) is 7.39. The van der Waals surface area contributed by atoms with Gasteiger partial charge in [-0.1, -0.05) is 37.3 Å². The van der Waals surface area contributed by atoms with E-state index in [1.54, 1.807) is 0 Å². The Hall–Kier alpha value is -3.06. The van der Waals surface area contributed by atoms with E-state index in [2.05, 4.69) is 21.3 Å². The van der Waals surface area contributed by atoms with Gasteiger partial charge in [-0.15, -0.1) is 0 Å². The molecular formula is C23H37N5O7. The highest BCUT2D eigenvalue weighted by molar-refractivity contribution is 5.92. The van der Waals surface area contributed by atoms with Crippen LogP contribution in [-0.4, -0.2) is 89.1 Å². The molecule has 0 aliphatic carbocycles. The van der Waals surface area contributed by atoms with Crippen LogP contribution in [0, 0.1) is 0 Å². The van der Waals surface area contributed by atoms with Crippen LogP contribution in [0.3, 0.4) is 0 Å². The summed E-state index contributed by atoms with van der Waals surface area (Å²) >= 11 is 0. The first-order valence-corrected chi connectivity index (χ1v) is 11.5. The molecule has 1 unspecified atom stereocenters. The maximum Gasteiger partial charge on any atom is 0.243 e. The number of benzene rings is 1. The van der Waals surface area contributed by atoms with E-state index >= 15 is 0 Å². The van der Waals surface area contributed by atoms with E-state index in [1.807, 2.05) is 37.3 Å². The van der Waals surface area contributed by atoms with Crippen molar-refractivity contribution < 1.29 is 33.4 Å². The fourth-order valence-corrected chi connectivity index (χ4v) is 2.70. The molecule has 12 nitrogen and oxygen atoms in total. The van der Waals surface area contributed by atoms with Crippen molar-refractivity contribution in [3.8, 4) is 0 Å². The third-order valence-corrected chi connectivity index (χ3v) is 4.45. The number of rotatable bonds is 19. The van der Waals surface area contributed by atoms with E-state index in [0.29, 0.717) is 33.0 Å². The van der Waals surface area contributed by atoms with E-state index in [-0.39, 0.29) is 32.8 Å². The molecule has 0 saturated heterocycles. The summed E-state index contributed by atoms with van der Waals surface area (Å²) < 4.78 is 15.9. The molecule has 0 aliphatic heterocycles. The van der Waals surface area contributed by atoms with Gasteiger partial charge in [0, 0.05) is 13.0 Å². The van der Waals surface area contributed by atoms with Crippen LogP contribution < -0.4 is 27.0 Å². The minimum Gasteiger partial charge on any atom is -0.379 e. The highest BCUT2D eigenvalue weighted by Gasteiger charge is 2.22. The molecule has 0 heterocycles. The molecule has 196 valence electrons. The number of carbonyl (C=O) groups excluding carboxylic acids is 4. The van der Waals surface area contributed by atoms with Gasteiger partial charge in [0.05, 0.1) is 46.1 Å². The highest BCUT2D eigenvalue weighted by atomic mass is 16.5. The molecule has 12 heteroatoms. The standard InChI is InChI=1S/C23H37N5O7/c1-2-8-33-9-10-34-11-12-35-17-27-21(30)15-26-23(32)19(13-18-6-4-3-5-7-18)28-22(31)16-25-20(29)14-24/h3-7,19H,2,8-17,24H2,1H3,(H,25,29)(H,26,32)(H,27,30)(H,28,31). The van der Waals surface area contributed by atoms with Gasteiger partial charge in [-0.3, -0.25) is 19.2 Å². The van der Waals surface area contributed by atoms with Crippen LogP contribution in [0.1, 0.15) is 18.9 Å². The van der Waals surface area contributed by atoms with Gasteiger partial charge in [-0.25, -0.2) is 0 Å². The van der Waals surface area contributed by atoms with E-state index < -0.39 is 29.7 Å². The molecular weight excluding hydrogens is 458 g/mol. The predicted molar refractivity (Wildman–Crippen MR) is 128 cm³/mol. The number of nitrogens with two attached hydrogens (primary N) is 1. The fourth-order valence-electron chi connectivity index (χ4n) is 2.70. The van der Waals surface area contributed by atoms with Crippen molar-refractivity contribution in [2.24, 2.45) is 5.73 Å². The average Bonchev–Trinajstić information content (AvgIpc) is 2.87. The second kappa shape index (κ2) is 19.3. The molecule has 1 rings (SSSR count). The second-order valence-electron chi connectivity index (χ2n) is 7.39. The number of amides is 4. The summed E-state index contributed by atoms with van der Waals surface area (Å²) in [6.07, 6.45) is 1.16. The van der Waals surface area contributed by atoms with E-state index in [4.69, 9.17) is 19.9 Å². The number of hydrogen-bond donors (Lipinski definition) is 5. The molecule has 35 heavy (non-hydrogen) atoms. The summed E-state index contributed by atoms with van der Waals surface area (Å²) in [7, 11) is 0. The normalized spacial score (nSPS) is 11.4. The van der Waals surface area contributed by atoms with Gasteiger partial charge in [-0.2, -0.15) is 0 Å². The van der Waals surface area contributed by atoms with Crippen LogP contribution in [0.25, 0.3) is 0 Å². The third-order valence-electron chi connectivity index (χ3n) is 4.45. The summed E-state index contributed by atoms with van der Waals surface area (Å²) in [5.41, 5.74) is 6.01. The Morgan fingerprint density at radius 3 is 2.09 bits per heavy atom. The lowest BCUT2D eigenvalue weighted by molar-refractivity contribution is -0.131. The van der Waals surface area contributed by atoms with Crippen molar-refractivity contribution in [2.45, 2.75) is 25.8 Å². The zero-order valence-corrected chi connectivity index (χ0v) is 20.2. The van der Waals surface area contributed by atoms with Gasteiger partial charge in [0.25, 0.3) is 0 Å². The lowest BCUT2D eigenvalue weighted by atomic mass is 10.1. The van der Waals surface area contributed by atoms with Crippen molar-refractivity contribution in [3.63, 3.8) is 0 Å². The molecule has 1 atom stereocenters. The molecule has 0 bridgehead atoms. The van der Waals surface area contributed by atoms with Crippen LogP contribution in [-0.2, 0) is 39.8 Å². The number of carbonyl (C=O) groups is 4. The Kier molecular flexibility index (Phi) is 16.5. The first kappa shape index (κ1) is 30.0. The summed E-state index contributed by atoms with van der Waals surface area (Å²) in [6.45, 7) is 3.51. The molecule has 0 fully saturated rings. The van der Waals surface area contributed by atoms with Crippen LogP contribution in [0.5, 0.6) is 0 Å². The third kappa shape index (κ3) is 15.5. The minimum absolute atomic E-state index is 0.0323. The summed E-state index contributed by atoms with van der Waals surface area (Å²) in [6, 6.07) is 8.14. The lowest BCUT2D eigenvalue weighted by Crippen LogP contribution is -2.52. The smallest absolute Gasteiger partial charge is 0.243 e. The molecule has 0 aliphatic rings. The molecule has 0 radical (unpaired) electrons. The fraction of sp³-hybridized carbons (Fsp3) is 0.565. The Balaban J connectivity index is 2.35. The molecule has 0 saturated carbocycles. The summed E-state index contributed by atoms with van der Waals surface area (Å²) in [4.78, 5) is 48.1. The van der Waals surface area contributed by atoms with Crippen molar-refractivity contribution in [3.05, 3.63) is 35.9 Å². The van der Waals surface area contributed by atoms with E-state index in [0.717, 1.165) is 12.0 Å². The first-order chi connectivity index (χ1) is 17.0. The predicted octanol–water partition coefficient (Wildman–Crippen LogP) is -1.56. The van der Waals surface area contributed by atoms with Crippen molar-refractivity contribution in [1.82, 2.24) is 21.3 Å². The van der Waals surface area contributed by atoms with E-state index in [9.17, 15) is 19.2 Å². The highest BCUT2D eigenvalue weighted by Crippen LogP contribution is 2.03. The Bertz CT molecular complexity index is 764. The first-order valence-electron chi connectivity index (χ1n) is 11.5. The van der Waals surface area contributed by atoms with Gasteiger partial charge in [0.15, 0.2) is 0 Å². The van der Waals surface area contributed by atoms with Crippen LogP contribution in [0.2, 0.25) is 0 Å². The monoisotopic (exact) mass is 495 g/mol. The Morgan fingerprint density at radius 2 is 1.43 bits per heavy atom.